The minimum Gasteiger partial charge on any atom is -0.371 e. The molecule has 0 radical (unpaired) electrons. The van der Waals surface area contributed by atoms with Crippen LogP contribution in [0.3, 0.4) is 0 Å². The molecule has 1 aromatic carbocycles. The van der Waals surface area contributed by atoms with Crippen molar-refractivity contribution < 1.29 is 4.79 Å². The van der Waals surface area contributed by atoms with Crippen LogP contribution in [0.4, 0.5) is 0 Å². The van der Waals surface area contributed by atoms with Gasteiger partial charge in [-0.3, -0.25) is 4.79 Å². The molecule has 1 aliphatic rings. The summed E-state index contributed by atoms with van der Waals surface area (Å²) in [7, 11) is 0. The first kappa shape index (κ1) is 12.6. The first-order valence-corrected chi connectivity index (χ1v) is 7.58. The van der Waals surface area contributed by atoms with Crippen LogP contribution in [0.1, 0.15) is 12.5 Å². The number of ketones is 1. The summed E-state index contributed by atoms with van der Waals surface area (Å²) in [4.78, 5) is 11.2. The van der Waals surface area contributed by atoms with Crippen molar-refractivity contribution in [1.82, 2.24) is 5.32 Å². The van der Waals surface area contributed by atoms with Gasteiger partial charge in [0, 0.05) is 23.3 Å². The van der Waals surface area contributed by atoms with E-state index >= 15 is 0 Å². The summed E-state index contributed by atoms with van der Waals surface area (Å²) in [5.74, 6) is 1.97. The highest BCUT2D eigenvalue weighted by Gasteiger charge is 2.16. The zero-order valence-corrected chi connectivity index (χ0v) is 11.3. The number of Topliss-reactive ketones (excluding diaryl/α,β-unsaturated/α-hetero) is 1. The van der Waals surface area contributed by atoms with Gasteiger partial charge in [0.25, 0.3) is 0 Å². The van der Waals surface area contributed by atoms with Gasteiger partial charge in [0.1, 0.15) is 4.71 Å². The summed E-state index contributed by atoms with van der Waals surface area (Å²) in [5, 5.41) is 3.26. The first-order valence-electron chi connectivity index (χ1n) is 5.49. The van der Waals surface area contributed by atoms with Gasteiger partial charge in [0.15, 0.2) is 5.78 Å². The van der Waals surface area contributed by atoms with E-state index in [4.69, 9.17) is 0 Å². The lowest BCUT2D eigenvalue weighted by Gasteiger charge is -2.22. The van der Waals surface area contributed by atoms with Gasteiger partial charge in [-0.25, -0.2) is 0 Å². The molecule has 2 nitrogen and oxygen atoms in total. The summed E-state index contributed by atoms with van der Waals surface area (Å²) in [6, 6.07) is 10.4. The van der Waals surface area contributed by atoms with Crippen molar-refractivity contribution in [2.75, 3.05) is 5.75 Å². The van der Waals surface area contributed by atoms with Crippen LogP contribution in [-0.2, 0) is 10.5 Å². The Labute approximate surface area is 110 Å². The Morgan fingerprint density at radius 3 is 2.82 bits per heavy atom. The molecule has 0 spiro atoms. The van der Waals surface area contributed by atoms with E-state index < -0.39 is 0 Å². The van der Waals surface area contributed by atoms with Crippen LogP contribution in [-0.4, -0.2) is 16.2 Å². The molecule has 0 fully saturated rings. The van der Waals surface area contributed by atoms with Crippen LogP contribution in [0.25, 0.3) is 0 Å². The Morgan fingerprint density at radius 1 is 1.47 bits per heavy atom. The Hall–Kier alpha value is -0.870. The first-order chi connectivity index (χ1) is 8.25. The lowest BCUT2D eigenvalue weighted by atomic mass is 10.2. The largest absolute Gasteiger partial charge is 0.371 e. The third kappa shape index (κ3) is 3.82. The molecule has 2 rings (SSSR count). The maximum absolute atomic E-state index is 11.2. The second kappa shape index (κ2) is 6.17. The molecule has 1 aromatic rings. The monoisotopic (exact) mass is 265 g/mol. The van der Waals surface area contributed by atoms with Crippen LogP contribution >= 0.6 is 23.5 Å². The molecule has 1 unspecified atom stereocenters. The van der Waals surface area contributed by atoms with E-state index in [0.29, 0.717) is 4.71 Å². The standard InChI is InChI=1S/C13H15NOS2/c1-10(15)12-7-14-13(17-9-12)16-8-11-5-3-2-4-6-11/h2-7,13-14H,8-9H2,1H3. The molecular formula is C13H15NOS2. The quantitative estimate of drug-likeness (QED) is 0.906. The van der Waals surface area contributed by atoms with E-state index in [1.165, 1.54) is 5.56 Å². The summed E-state index contributed by atoms with van der Waals surface area (Å²) >= 11 is 3.64. The van der Waals surface area contributed by atoms with Crippen molar-refractivity contribution in [1.29, 1.82) is 0 Å². The van der Waals surface area contributed by atoms with E-state index in [1.807, 2.05) is 24.0 Å². The predicted octanol–water partition coefficient (Wildman–Crippen LogP) is 3.01. The van der Waals surface area contributed by atoms with Gasteiger partial charge in [0.2, 0.25) is 0 Å². The fraction of sp³-hybridized carbons (Fsp3) is 0.308. The van der Waals surface area contributed by atoms with Crippen LogP contribution in [0.2, 0.25) is 0 Å². The molecule has 1 N–H and O–H groups in total. The molecule has 1 atom stereocenters. The maximum atomic E-state index is 11.2. The van der Waals surface area contributed by atoms with Crippen LogP contribution in [0, 0.1) is 0 Å². The van der Waals surface area contributed by atoms with E-state index in [-0.39, 0.29) is 5.78 Å². The molecule has 0 bridgehead atoms. The average Bonchev–Trinajstić information content (AvgIpc) is 2.38. The number of rotatable bonds is 4. The average molecular weight is 265 g/mol. The fourth-order valence-electron chi connectivity index (χ4n) is 1.47. The zero-order chi connectivity index (χ0) is 12.1. The van der Waals surface area contributed by atoms with Crippen molar-refractivity contribution >= 4 is 29.3 Å². The Bertz CT molecular complexity index is 417. The van der Waals surface area contributed by atoms with Gasteiger partial charge >= 0.3 is 0 Å². The minimum absolute atomic E-state index is 0.163. The molecule has 1 heterocycles. The van der Waals surface area contributed by atoms with Crippen LogP contribution in [0.15, 0.2) is 42.1 Å². The maximum Gasteiger partial charge on any atom is 0.158 e. The second-order valence-electron chi connectivity index (χ2n) is 3.83. The molecular weight excluding hydrogens is 250 g/mol. The normalized spacial score (nSPS) is 19.4. The van der Waals surface area contributed by atoms with Crippen molar-refractivity contribution in [2.45, 2.75) is 17.4 Å². The molecule has 17 heavy (non-hydrogen) atoms. The highest BCUT2D eigenvalue weighted by molar-refractivity contribution is 8.16. The van der Waals surface area contributed by atoms with Crippen molar-refractivity contribution in [3.05, 3.63) is 47.7 Å². The molecule has 0 aromatic heterocycles. The van der Waals surface area contributed by atoms with Crippen molar-refractivity contribution in [2.24, 2.45) is 0 Å². The van der Waals surface area contributed by atoms with Gasteiger partial charge < -0.3 is 5.32 Å². The third-order valence-corrected chi connectivity index (χ3v) is 5.15. The highest BCUT2D eigenvalue weighted by atomic mass is 32.2. The summed E-state index contributed by atoms with van der Waals surface area (Å²) in [6.45, 7) is 1.62. The number of benzene rings is 1. The lowest BCUT2D eigenvalue weighted by Crippen LogP contribution is -2.24. The Morgan fingerprint density at radius 2 is 2.24 bits per heavy atom. The number of carbonyl (C=O) groups is 1. The molecule has 90 valence electrons. The number of carbonyl (C=O) groups excluding carboxylic acids is 1. The summed E-state index contributed by atoms with van der Waals surface area (Å²) in [6.07, 6.45) is 1.86. The summed E-state index contributed by atoms with van der Waals surface area (Å²) < 4.78 is 0.346. The third-order valence-electron chi connectivity index (χ3n) is 2.48. The molecule has 1 aliphatic heterocycles. The van der Waals surface area contributed by atoms with E-state index in [0.717, 1.165) is 17.1 Å². The number of thioether (sulfide) groups is 2. The van der Waals surface area contributed by atoms with E-state index in [1.54, 1.807) is 18.7 Å². The molecule has 0 saturated heterocycles. The highest BCUT2D eigenvalue weighted by Crippen LogP contribution is 2.29. The van der Waals surface area contributed by atoms with Gasteiger partial charge in [0.05, 0.1) is 0 Å². The minimum atomic E-state index is 0.163. The smallest absolute Gasteiger partial charge is 0.158 e. The SMILES string of the molecule is CC(=O)C1=CNC(SCc2ccccc2)SC1. The van der Waals surface area contributed by atoms with Gasteiger partial charge in [-0.2, -0.15) is 0 Å². The van der Waals surface area contributed by atoms with Crippen LogP contribution in [0.5, 0.6) is 0 Å². The van der Waals surface area contributed by atoms with Gasteiger partial charge in [-0.15, -0.1) is 23.5 Å². The Balaban J connectivity index is 1.81. The lowest BCUT2D eigenvalue weighted by molar-refractivity contribution is -0.113. The zero-order valence-electron chi connectivity index (χ0n) is 9.68. The fourth-order valence-corrected chi connectivity index (χ4v) is 3.75. The molecule has 0 amide bonds. The van der Waals surface area contributed by atoms with Crippen molar-refractivity contribution in [3.8, 4) is 0 Å². The van der Waals surface area contributed by atoms with Crippen molar-refractivity contribution in [3.63, 3.8) is 0 Å². The molecule has 0 saturated carbocycles. The van der Waals surface area contributed by atoms with E-state index in [9.17, 15) is 4.79 Å². The number of hydrogen-bond acceptors (Lipinski definition) is 4. The van der Waals surface area contributed by atoms with E-state index in [2.05, 4.69) is 29.6 Å². The molecule has 0 aliphatic carbocycles. The summed E-state index contributed by atoms with van der Waals surface area (Å²) in [5.41, 5.74) is 2.22. The Kier molecular flexibility index (Phi) is 4.57. The number of nitrogens with one attached hydrogen (secondary N) is 1. The molecule has 4 heteroatoms. The number of hydrogen-bond donors (Lipinski definition) is 1. The second-order valence-corrected chi connectivity index (χ2v) is 6.32. The van der Waals surface area contributed by atoms with Gasteiger partial charge in [-0.1, -0.05) is 30.3 Å². The predicted molar refractivity (Wildman–Crippen MR) is 75.9 cm³/mol. The van der Waals surface area contributed by atoms with Crippen LogP contribution < -0.4 is 5.32 Å². The topological polar surface area (TPSA) is 29.1 Å². The van der Waals surface area contributed by atoms with Gasteiger partial charge in [-0.05, 0) is 12.5 Å².